The number of anilines is 1. The molecular weight excluding hydrogens is 448 g/mol. The van der Waals surface area contributed by atoms with E-state index >= 15 is 0 Å². The molecule has 2 aliphatic carbocycles. The van der Waals surface area contributed by atoms with Gasteiger partial charge >= 0.3 is 0 Å². The second kappa shape index (κ2) is 11.0. The lowest BCUT2D eigenvalue weighted by molar-refractivity contribution is -0.125. The van der Waals surface area contributed by atoms with Crippen LogP contribution in [-0.4, -0.2) is 52.3 Å². The van der Waals surface area contributed by atoms with Gasteiger partial charge in [0.1, 0.15) is 5.75 Å². The molecule has 6 nitrogen and oxygen atoms in total. The first kappa shape index (κ1) is 26.2. The number of benzene rings is 1. The summed E-state index contributed by atoms with van der Waals surface area (Å²) < 4.78 is 0. The number of phenolic OH excluding ortho intramolecular Hbond substituents is 1. The number of hydrogen-bond acceptors (Lipinski definition) is 5. The summed E-state index contributed by atoms with van der Waals surface area (Å²) in [6, 6.07) is 10.1. The molecule has 2 fully saturated rings. The molecule has 1 aromatic heterocycles. The molecule has 0 unspecified atom stereocenters. The van der Waals surface area contributed by atoms with Crippen LogP contribution in [0.2, 0.25) is 0 Å². The lowest BCUT2D eigenvalue weighted by Crippen LogP contribution is -2.39. The van der Waals surface area contributed by atoms with Gasteiger partial charge in [-0.25, -0.2) is 0 Å². The van der Waals surface area contributed by atoms with Crippen LogP contribution < -0.4 is 4.90 Å². The summed E-state index contributed by atoms with van der Waals surface area (Å²) in [5.74, 6) is 1.69. The van der Waals surface area contributed by atoms with Crippen LogP contribution in [0, 0.1) is 11.3 Å². The molecular formula is C30H42N4O2. The fourth-order valence-electron chi connectivity index (χ4n) is 5.47. The Labute approximate surface area is 216 Å². The average molecular weight is 491 g/mol. The maximum absolute atomic E-state index is 12.2. The zero-order valence-electron chi connectivity index (χ0n) is 22.6. The summed E-state index contributed by atoms with van der Waals surface area (Å²) in [7, 11) is 3.98. The average Bonchev–Trinajstić information content (AvgIpc) is 3.71. The first-order valence-corrected chi connectivity index (χ1v) is 13.5. The van der Waals surface area contributed by atoms with Crippen molar-refractivity contribution in [2.45, 2.75) is 84.2 Å². The molecule has 0 bridgehead atoms. The Morgan fingerprint density at radius 1 is 1.14 bits per heavy atom. The topological polar surface area (TPSA) is 69.6 Å². The van der Waals surface area contributed by atoms with E-state index in [1.807, 2.05) is 31.3 Å². The zero-order chi connectivity index (χ0) is 25.9. The molecule has 36 heavy (non-hydrogen) atoms. The summed E-state index contributed by atoms with van der Waals surface area (Å²) in [5, 5.41) is 19.7. The van der Waals surface area contributed by atoms with E-state index in [-0.39, 0.29) is 11.7 Å². The van der Waals surface area contributed by atoms with Crippen LogP contribution in [0.15, 0.2) is 36.4 Å². The molecule has 6 heteroatoms. The summed E-state index contributed by atoms with van der Waals surface area (Å²) in [4.78, 5) is 16.3. The minimum atomic E-state index is -0.00965. The second-order valence-electron chi connectivity index (χ2n) is 11.4. The highest BCUT2D eigenvalue weighted by Crippen LogP contribution is 2.40. The van der Waals surface area contributed by atoms with Gasteiger partial charge in [-0.1, -0.05) is 46.1 Å². The number of carbonyl (C=O) groups is 1. The molecule has 194 valence electrons. The predicted octanol–water partition coefficient (Wildman–Crippen LogP) is 6.30. The third-order valence-corrected chi connectivity index (χ3v) is 8.45. The first-order chi connectivity index (χ1) is 17.2. The number of rotatable bonds is 7. The van der Waals surface area contributed by atoms with Crippen molar-refractivity contribution in [2.24, 2.45) is 11.3 Å². The largest absolute Gasteiger partial charge is 0.507 e. The molecule has 0 saturated heterocycles. The number of amides is 1. The summed E-state index contributed by atoms with van der Waals surface area (Å²) in [6.07, 6.45) is 12.9. The van der Waals surface area contributed by atoms with Gasteiger partial charge in [0.25, 0.3) is 0 Å². The smallest absolute Gasteiger partial charge is 0.246 e. The van der Waals surface area contributed by atoms with Gasteiger partial charge in [-0.3, -0.25) is 4.79 Å². The zero-order valence-corrected chi connectivity index (χ0v) is 22.6. The molecule has 1 N–H and O–H groups in total. The van der Waals surface area contributed by atoms with E-state index in [2.05, 4.69) is 42.9 Å². The standard InChI is InChI=1S/C30H42N4O2/c1-6-30(3)17-7-8-21(2)18-24(20-30)33(4)28-15-14-26(31-32-28)25-13-9-22(19-27(25)35)10-16-29(36)34(5)23-11-12-23/h9-10,13-16,19,21,23-24,35H,6-8,11-12,17-18,20H2,1-5H3/b16-10+/t21-,24-,30+/m0/s1. The minimum absolute atomic E-state index is 0.00965. The summed E-state index contributed by atoms with van der Waals surface area (Å²) in [6.45, 7) is 7.11. The molecule has 1 aromatic carbocycles. The first-order valence-electron chi connectivity index (χ1n) is 13.5. The van der Waals surface area contributed by atoms with Crippen LogP contribution in [0.4, 0.5) is 5.82 Å². The Bertz CT molecular complexity index is 1080. The highest BCUT2D eigenvalue weighted by Gasteiger charge is 2.32. The van der Waals surface area contributed by atoms with Crippen molar-refractivity contribution in [3.8, 4) is 17.0 Å². The number of aromatic hydroxyl groups is 1. The van der Waals surface area contributed by atoms with Crippen LogP contribution in [0.5, 0.6) is 5.75 Å². The van der Waals surface area contributed by atoms with Crippen molar-refractivity contribution in [1.29, 1.82) is 0 Å². The van der Waals surface area contributed by atoms with Crippen LogP contribution in [0.25, 0.3) is 17.3 Å². The van der Waals surface area contributed by atoms with E-state index in [0.29, 0.717) is 34.7 Å². The van der Waals surface area contributed by atoms with Gasteiger partial charge in [0, 0.05) is 37.8 Å². The summed E-state index contributed by atoms with van der Waals surface area (Å²) in [5.41, 5.74) is 2.41. The number of nitrogens with zero attached hydrogens (tertiary/aromatic N) is 4. The highest BCUT2D eigenvalue weighted by atomic mass is 16.3. The third-order valence-electron chi connectivity index (χ3n) is 8.45. The van der Waals surface area contributed by atoms with Crippen LogP contribution in [-0.2, 0) is 4.79 Å². The number of phenols is 1. The number of likely N-dealkylation sites (N-methyl/N-ethyl adjacent to an activating group) is 1. The number of aromatic nitrogens is 2. The molecule has 2 saturated carbocycles. The molecule has 3 atom stereocenters. The molecule has 0 radical (unpaired) electrons. The van der Waals surface area contributed by atoms with Gasteiger partial charge in [0.05, 0.1) is 5.69 Å². The number of hydrogen-bond donors (Lipinski definition) is 1. The highest BCUT2D eigenvalue weighted by molar-refractivity contribution is 5.92. The summed E-state index contributed by atoms with van der Waals surface area (Å²) >= 11 is 0. The van der Waals surface area contributed by atoms with Gasteiger partial charge in [0.2, 0.25) is 5.91 Å². The quantitative estimate of drug-likeness (QED) is 0.461. The molecule has 0 aliphatic heterocycles. The van der Waals surface area contributed by atoms with Crippen LogP contribution >= 0.6 is 0 Å². The van der Waals surface area contributed by atoms with Crippen molar-refractivity contribution in [1.82, 2.24) is 15.1 Å². The maximum Gasteiger partial charge on any atom is 0.246 e. The Balaban J connectivity index is 1.46. The van der Waals surface area contributed by atoms with E-state index in [1.54, 1.807) is 23.1 Å². The molecule has 4 rings (SSSR count). The van der Waals surface area contributed by atoms with Gasteiger partial charge in [-0.2, -0.15) is 0 Å². The molecule has 1 amide bonds. The van der Waals surface area contributed by atoms with Crippen molar-refractivity contribution < 1.29 is 9.90 Å². The fraction of sp³-hybridized carbons (Fsp3) is 0.567. The molecule has 2 aliphatic rings. The molecule has 0 spiro atoms. The van der Waals surface area contributed by atoms with Crippen LogP contribution in [0.1, 0.15) is 77.7 Å². The SMILES string of the molecule is CC[C@]1(C)CCC[C@H](C)C[C@H](N(C)c2ccc(-c3ccc(/C=C/C(=O)N(C)C4CC4)cc3O)nn2)C1. The van der Waals surface area contributed by atoms with E-state index in [0.717, 1.165) is 24.2 Å². The van der Waals surface area contributed by atoms with E-state index in [1.165, 1.54) is 38.5 Å². The second-order valence-corrected chi connectivity index (χ2v) is 11.4. The monoisotopic (exact) mass is 490 g/mol. The fourth-order valence-corrected chi connectivity index (χ4v) is 5.47. The molecule has 1 heterocycles. The lowest BCUT2D eigenvalue weighted by atomic mass is 9.72. The normalized spacial score (nSPS) is 24.8. The number of carbonyl (C=O) groups excluding carboxylic acids is 1. The third kappa shape index (κ3) is 6.26. The van der Waals surface area contributed by atoms with E-state index in [4.69, 9.17) is 0 Å². The van der Waals surface area contributed by atoms with Gasteiger partial charge in [0.15, 0.2) is 5.82 Å². The van der Waals surface area contributed by atoms with E-state index in [9.17, 15) is 9.90 Å². The van der Waals surface area contributed by atoms with Gasteiger partial charge in [-0.05, 0) is 79.3 Å². The van der Waals surface area contributed by atoms with E-state index < -0.39 is 0 Å². The van der Waals surface area contributed by atoms with Gasteiger partial charge in [-0.15, -0.1) is 10.2 Å². The van der Waals surface area contributed by atoms with Crippen LogP contribution in [0.3, 0.4) is 0 Å². The lowest BCUT2D eigenvalue weighted by Gasteiger charge is -2.40. The van der Waals surface area contributed by atoms with Crippen molar-refractivity contribution >= 4 is 17.8 Å². The Morgan fingerprint density at radius 2 is 1.92 bits per heavy atom. The Morgan fingerprint density at radius 3 is 2.56 bits per heavy atom. The Kier molecular flexibility index (Phi) is 8.01. The predicted molar refractivity (Wildman–Crippen MR) is 147 cm³/mol. The molecule has 2 aromatic rings. The van der Waals surface area contributed by atoms with Crippen molar-refractivity contribution in [2.75, 3.05) is 19.0 Å². The Hall–Kier alpha value is -2.89. The van der Waals surface area contributed by atoms with Crippen molar-refractivity contribution in [3.63, 3.8) is 0 Å². The maximum atomic E-state index is 12.2. The van der Waals surface area contributed by atoms with Crippen molar-refractivity contribution in [3.05, 3.63) is 42.0 Å². The van der Waals surface area contributed by atoms with Gasteiger partial charge < -0.3 is 14.9 Å². The minimum Gasteiger partial charge on any atom is -0.507 e.